The summed E-state index contributed by atoms with van der Waals surface area (Å²) < 4.78 is 0. The lowest BCUT2D eigenvalue weighted by Gasteiger charge is -2.04. The Bertz CT molecular complexity index is 477. The summed E-state index contributed by atoms with van der Waals surface area (Å²) in [4.78, 5) is 1.28. The summed E-state index contributed by atoms with van der Waals surface area (Å²) in [5.74, 6) is 0.976. The van der Waals surface area contributed by atoms with Gasteiger partial charge in [0.1, 0.15) is 0 Å². The highest BCUT2D eigenvalue weighted by molar-refractivity contribution is 7.99. The summed E-state index contributed by atoms with van der Waals surface area (Å²) in [6.07, 6.45) is 0. The Morgan fingerprint density at radius 3 is 2.41 bits per heavy atom. The second kappa shape index (κ2) is 5.89. The van der Waals surface area contributed by atoms with Gasteiger partial charge in [-0.3, -0.25) is 0 Å². The lowest BCUT2D eigenvalue weighted by Crippen LogP contribution is -2.00. The fourth-order valence-corrected chi connectivity index (χ4v) is 2.43. The molecule has 2 N–H and O–H groups in total. The number of hydrogen-bond donors (Lipinski definition) is 1. The van der Waals surface area contributed by atoms with Crippen LogP contribution in [-0.2, 0) is 0 Å². The number of benzene rings is 2. The summed E-state index contributed by atoms with van der Waals surface area (Å²) in [6, 6.07) is 17.3. The molecular weight excluding hydrogens is 226 g/mol. The topological polar surface area (TPSA) is 26.0 Å². The van der Waals surface area contributed by atoms with Crippen molar-refractivity contribution >= 4 is 11.8 Å². The van der Waals surface area contributed by atoms with Crippen LogP contribution in [-0.4, -0.2) is 12.3 Å². The van der Waals surface area contributed by atoms with E-state index in [4.69, 9.17) is 5.73 Å². The number of thioether (sulfide) groups is 1. The number of aryl methyl sites for hydroxylation is 1. The molecule has 2 rings (SSSR count). The van der Waals surface area contributed by atoms with Crippen molar-refractivity contribution in [3.05, 3.63) is 54.1 Å². The lowest BCUT2D eigenvalue weighted by molar-refractivity contribution is 1.15. The maximum Gasteiger partial charge on any atom is 0.0103 e. The Morgan fingerprint density at radius 1 is 1.00 bits per heavy atom. The van der Waals surface area contributed by atoms with Crippen molar-refractivity contribution in [1.29, 1.82) is 0 Å². The minimum absolute atomic E-state index is 0.726. The molecule has 0 atom stereocenters. The van der Waals surface area contributed by atoms with Crippen molar-refractivity contribution in [3.8, 4) is 11.1 Å². The Balaban J connectivity index is 2.17. The van der Waals surface area contributed by atoms with Crippen LogP contribution in [0, 0.1) is 6.92 Å². The van der Waals surface area contributed by atoms with Crippen molar-refractivity contribution in [2.24, 2.45) is 5.73 Å². The molecule has 1 nitrogen and oxygen atoms in total. The Morgan fingerprint density at radius 2 is 1.76 bits per heavy atom. The van der Waals surface area contributed by atoms with E-state index in [1.165, 1.54) is 21.6 Å². The molecule has 2 aromatic rings. The summed E-state index contributed by atoms with van der Waals surface area (Å²) in [7, 11) is 0. The molecule has 2 heteroatoms. The van der Waals surface area contributed by atoms with Gasteiger partial charge in [0.05, 0.1) is 0 Å². The zero-order chi connectivity index (χ0) is 12.1. The van der Waals surface area contributed by atoms with Gasteiger partial charge in [0.15, 0.2) is 0 Å². The van der Waals surface area contributed by atoms with E-state index in [9.17, 15) is 0 Å². The van der Waals surface area contributed by atoms with Gasteiger partial charge >= 0.3 is 0 Å². The largest absolute Gasteiger partial charge is 0.330 e. The quantitative estimate of drug-likeness (QED) is 0.828. The molecule has 0 saturated carbocycles. The molecule has 0 heterocycles. The van der Waals surface area contributed by atoms with Crippen molar-refractivity contribution in [1.82, 2.24) is 0 Å². The van der Waals surface area contributed by atoms with Crippen LogP contribution in [0.2, 0.25) is 0 Å². The number of rotatable bonds is 4. The van der Waals surface area contributed by atoms with E-state index in [0.29, 0.717) is 0 Å². The van der Waals surface area contributed by atoms with E-state index in [0.717, 1.165) is 12.3 Å². The summed E-state index contributed by atoms with van der Waals surface area (Å²) in [6.45, 7) is 2.85. The molecule has 0 aliphatic carbocycles. The van der Waals surface area contributed by atoms with Crippen LogP contribution in [0.25, 0.3) is 11.1 Å². The minimum atomic E-state index is 0.726. The minimum Gasteiger partial charge on any atom is -0.330 e. The fraction of sp³-hybridized carbons (Fsp3) is 0.200. The Hall–Kier alpha value is -1.25. The normalized spacial score (nSPS) is 10.5. The predicted octanol–water partition coefficient (Wildman–Crippen LogP) is 3.71. The van der Waals surface area contributed by atoms with Crippen LogP contribution in [0.5, 0.6) is 0 Å². The Kier molecular flexibility index (Phi) is 4.24. The molecular formula is C15H17NS. The van der Waals surface area contributed by atoms with Crippen LogP contribution >= 0.6 is 11.8 Å². The predicted molar refractivity (Wildman–Crippen MR) is 76.4 cm³/mol. The number of nitrogens with two attached hydrogens (primary N) is 1. The zero-order valence-corrected chi connectivity index (χ0v) is 10.8. The molecule has 0 radical (unpaired) electrons. The van der Waals surface area contributed by atoms with Crippen LogP contribution in [0.3, 0.4) is 0 Å². The van der Waals surface area contributed by atoms with Crippen LogP contribution in [0.4, 0.5) is 0 Å². The molecule has 0 aliphatic heterocycles. The third kappa shape index (κ3) is 3.35. The van der Waals surface area contributed by atoms with Crippen molar-refractivity contribution in [2.75, 3.05) is 12.3 Å². The van der Waals surface area contributed by atoms with Gasteiger partial charge in [-0.15, -0.1) is 11.8 Å². The molecule has 0 aromatic heterocycles. The molecule has 17 heavy (non-hydrogen) atoms. The SMILES string of the molecule is Cc1cccc(-c2ccc(SCCN)cc2)c1. The molecule has 0 amide bonds. The molecule has 0 aliphatic rings. The molecule has 88 valence electrons. The van der Waals surface area contributed by atoms with Gasteiger partial charge in [0, 0.05) is 17.2 Å². The first kappa shape index (κ1) is 12.2. The first-order chi connectivity index (χ1) is 8.29. The average Bonchev–Trinajstić information content (AvgIpc) is 2.37. The summed E-state index contributed by atoms with van der Waals surface area (Å²) >= 11 is 1.80. The van der Waals surface area contributed by atoms with Gasteiger partial charge in [-0.25, -0.2) is 0 Å². The third-order valence-corrected chi connectivity index (χ3v) is 3.64. The van der Waals surface area contributed by atoms with Crippen molar-refractivity contribution in [2.45, 2.75) is 11.8 Å². The second-order valence-electron chi connectivity index (χ2n) is 4.03. The third-order valence-electron chi connectivity index (χ3n) is 2.59. The van der Waals surface area contributed by atoms with Crippen LogP contribution in [0.15, 0.2) is 53.4 Å². The zero-order valence-electron chi connectivity index (χ0n) is 10.0. The van der Waals surface area contributed by atoms with Gasteiger partial charge in [-0.1, -0.05) is 42.0 Å². The highest BCUT2D eigenvalue weighted by atomic mass is 32.2. The van der Waals surface area contributed by atoms with Gasteiger partial charge in [-0.2, -0.15) is 0 Å². The van der Waals surface area contributed by atoms with E-state index < -0.39 is 0 Å². The second-order valence-corrected chi connectivity index (χ2v) is 5.20. The summed E-state index contributed by atoms with van der Waals surface area (Å²) in [5, 5.41) is 0. The van der Waals surface area contributed by atoms with E-state index >= 15 is 0 Å². The standard InChI is InChI=1S/C15H17NS/c1-12-3-2-4-14(11-12)13-5-7-15(8-6-13)17-10-9-16/h2-8,11H,9-10,16H2,1H3. The molecule has 2 aromatic carbocycles. The molecule has 0 spiro atoms. The maximum absolute atomic E-state index is 5.49. The fourth-order valence-electron chi connectivity index (χ4n) is 1.75. The van der Waals surface area contributed by atoms with Crippen molar-refractivity contribution < 1.29 is 0 Å². The average molecular weight is 243 g/mol. The van der Waals surface area contributed by atoms with Crippen LogP contribution < -0.4 is 5.73 Å². The van der Waals surface area contributed by atoms with Gasteiger partial charge < -0.3 is 5.73 Å². The monoisotopic (exact) mass is 243 g/mol. The van der Waals surface area contributed by atoms with E-state index in [1.807, 2.05) is 0 Å². The molecule has 0 bridgehead atoms. The molecule has 0 fully saturated rings. The highest BCUT2D eigenvalue weighted by Gasteiger charge is 1.98. The maximum atomic E-state index is 5.49. The van der Waals surface area contributed by atoms with Gasteiger partial charge in [-0.05, 0) is 30.2 Å². The molecule has 0 saturated heterocycles. The lowest BCUT2D eigenvalue weighted by atomic mass is 10.0. The Labute approximate surface area is 107 Å². The smallest absolute Gasteiger partial charge is 0.0103 e. The first-order valence-corrected chi connectivity index (χ1v) is 6.78. The van der Waals surface area contributed by atoms with Gasteiger partial charge in [0.25, 0.3) is 0 Å². The van der Waals surface area contributed by atoms with E-state index in [2.05, 4.69) is 55.5 Å². The number of hydrogen-bond acceptors (Lipinski definition) is 2. The van der Waals surface area contributed by atoms with Crippen LogP contribution in [0.1, 0.15) is 5.56 Å². The highest BCUT2D eigenvalue weighted by Crippen LogP contribution is 2.24. The molecule has 0 unspecified atom stereocenters. The summed E-state index contributed by atoms with van der Waals surface area (Å²) in [5.41, 5.74) is 9.34. The van der Waals surface area contributed by atoms with Gasteiger partial charge in [0.2, 0.25) is 0 Å². The van der Waals surface area contributed by atoms with E-state index in [1.54, 1.807) is 11.8 Å². The van der Waals surface area contributed by atoms with Crippen molar-refractivity contribution in [3.63, 3.8) is 0 Å². The first-order valence-electron chi connectivity index (χ1n) is 5.79. The van der Waals surface area contributed by atoms with E-state index in [-0.39, 0.29) is 0 Å².